The fourth-order valence-corrected chi connectivity index (χ4v) is 4.22. The molecule has 0 fully saturated rings. The van der Waals surface area contributed by atoms with Crippen molar-refractivity contribution in [3.05, 3.63) is 54.1 Å². The van der Waals surface area contributed by atoms with Crippen LogP contribution >= 0.6 is 0 Å². The van der Waals surface area contributed by atoms with E-state index in [1.165, 1.54) is 7.11 Å². The fourth-order valence-electron chi connectivity index (χ4n) is 4.22. The lowest BCUT2D eigenvalue weighted by Gasteiger charge is -2.36. The summed E-state index contributed by atoms with van der Waals surface area (Å²) in [6, 6.07) is 13.2. The monoisotopic (exact) mass is 512 g/mol. The molecule has 0 unspecified atom stereocenters. The molecule has 0 saturated carbocycles. The average molecular weight is 513 g/mol. The van der Waals surface area contributed by atoms with Gasteiger partial charge in [0, 0.05) is 51.6 Å². The van der Waals surface area contributed by atoms with Crippen LogP contribution in [-0.4, -0.2) is 87.4 Å². The third-order valence-electron chi connectivity index (χ3n) is 6.32. The molecule has 1 heterocycles. The topological polar surface area (TPSA) is 109 Å². The number of nitrogens with zero attached hydrogens (tertiary/aromatic N) is 2. The van der Waals surface area contributed by atoms with Gasteiger partial charge in [-0.3, -0.25) is 9.59 Å². The van der Waals surface area contributed by atoms with E-state index in [2.05, 4.69) is 10.6 Å². The lowest BCUT2D eigenvalue weighted by Crippen LogP contribution is -2.49. The van der Waals surface area contributed by atoms with Gasteiger partial charge in [-0.25, -0.2) is 4.79 Å². The first kappa shape index (κ1) is 27.9. The highest BCUT2D eigenvalue weighted by atomic mass is 16.5. The van der Waals surface area contributed by atoms with Gasteiger partial charge >= 0.3 is 6.03 Å². The summed E-state index contributed by atoms with van der Waals surface area (Å²) in [6.07, 6.45) is -0.305. The van der Waals surface area contributed by atoms with Crippen molar-refractivity contribution in [3.8, 4) is 5.75 Å². The van der Waals surface area contributed by atoms with Crippen molar-refractivity contribution >= 4 is 29.2 Å². The Morgan fingerprint density at radius 2 is 1.73 bits per heavy atom. The molecule has 2 aromatic carbocycles. The molecule has 0 bridgehead atoms. The molecule has 4 amide bonds. The molecule has 0 aliphatic carbocycles. The minimum atomic E-state index is -0.435. The van der Waals surface area contributed by atoms with Crippen LogP contribution in [0.4, 0.5) is 16.2 Å². The summed E-state index contributed by atoms with van der Waals surface area (Å²) in [7, 11) is 4.77. The Bertz CT molecular complexity index is 1080. The van der Waals surface area contributed by atoms with Crippen molar-refractivity contribution in [2.75, 3.05) is 58.2 Å². The first-order valence-electron chi connectivity index (χ1n) is 12.2. The number of ether oxygens (including phenoxy) is 3. The van der Waals surface area contributed by atoms with Crippen molar-refractivity contribution in [1.82, 2.24) is 9.80 Å². The smallest absolute Gasteiger partial charge is 0.323 e. The van der Waals surface area contributed by atoms with Gasteiger partial charge in [-0.1, -0.05) is 25.1 Å². The lowest BCUT2D eigenvalue weighted by molar-refractivity contribution is -0.139. The molecular formula is C27H36N4O6. The zero-order valence-electron chi connectivity index (χ0n) is 22.0. The van der Waals surface area contributed by atoms with Crippen LogP contribution in [0.25, 0.3) is 0 Å². The molecule has 1 aliphatic rings. The maximum absolute atomic E-state index is 13.5. The summed E-state index contributed by atoms with van der Waals surface area (Å²) in [4.78, 5) is 42.1. The summed E-state index contributed by atoms with van der Waals surface area (Å²) in [5, 5.41) is 5.52. The Hall–Kier alpha value is -3.63. The quantitative estimate of drug-likeness (QED) is 0.636. The van der Waals surface area contributed by atoms with Crippen molar-refractivity contribution in [1.29, 1.82) is 0 Å². The van der Waals surface area contributed by atoms with Crippen LogP contribution < -0.4 is 15.4 Å². The second-order valence-electron chi connectivity index (χ2n) is 9.23. The molecule has 0 radical (unpaired) electrons. The Morgan fingerprint density at radius 1 is 1.03 bits per heavy atom. The van der Waals surface area contributed by atoms with E-state index in [1.54, 1.807) is 54.3 Å². The molecule has 0 saturated heterocycles. The number of carbonyl (C=O) groups is 3. The molecule has 10 heteroatoms. The highest BCUT2D eigenvalue weighted by molar-refractivity contribution is 6.02. The Morgan fingerprint density at radius 3 is 2.41 bits per heavy atom. The standard InChI is InChI=1S/C27H36N4O6/c1-18-14-31(25(32)17-35-4)19(2)16-37-23-12-11-21(29-27(34)28-20-9-7-6-8-10-20)13-22(23)26(33)30(3)15-24(18)36-5/h6-13,18-19,24H,14-17H2,1-5H3,(H2,28,29,34)/t18-,19+,24+/m0/s1. The summed E-state index contributed by atoms with van der Waals surface area (Å²) >= 11 is 0. The van der Waals surface area contributed by atoms with Crippen LogP contribution in [0.5, 0.6) is 5.75 Å². The summed E-state index contributed by atoms with van der Waals surface area (Å²) in [6.45, 7) is 4.75. The summed E-state index contributed by atoms with van der Waals surface area (Å²) < 4.78 is 16.8. The van der Waals surface area contributed by atoms with Crippen molar-refractivity contribution in [3.63, 3.8) is 0 Å². The Balaban J connectivity index is 1.88. The molecule has 2 aromatic rings. The van der Waals surface area contributed by atoms with Gasteiger partial charge in [0.25, 0.3) is 5.91 Å². The van der Waals surface area contributed by atoms with E-state index < -0.39 is 6.03 Å². The number of para-hydroxylation sites is 1. The maximum Gasteiger partial charge on any atom is 0.323 e. The van der Waals surface area contributed by atoms with Gasteiger partial charge in [0.1, 0.15) is 19.0 Å². The van der Waals surface area contributed by atoms with Crippen molar-refractivity contribution < 1.29 is 28.6 Å². The van der Waals surface area contributed by atoms with Crippen LogP contribution in [0.15, 0.2) is 48.5 Å². The van der Waals surface area contributed by atoms with E-state index in [-0.39, 0.29) is 43.1 Å². The second-order valence-corrected chi connectivity index (χ2v) is 9.23. The van der Waals surface area contributed by atoms with Crippen LogP contribution in [0.2, 0.25) is 0 Å². The van der Waals surface area contributed by atoms with Gasteiger partial charge in [0.15, 0.2) is 0 Å². The van der Waals surface area contributed by atoms with E-state index in [1.807, 2.05) is 32.0 Å². The van der Waals surface area contributed by atoms with E-state index in [0.717, 1.165) is 0 Å². The first-order chi connectivity index (χ1) is 17.7. The predicted octanol–water partition coefficient (Wildman–Crippen LogP) is 3.31. The third kappa shape index (κ3) is 7.43. The minimum absolute atomic E-state index is 0.0379. The molecule has 3 rings (SSSR count). The molecule has 0 aromatic heterocycles. The van der Waals surface area contributed by atoms with Crippen LogP contribution in [-0.2, 0) is 14.3 Å². The van der Waals surface area contributed by atoms with E-state index >= 15 is 0 Å². The number of carbonyl (C=O) groups excluding carboxylic acids is 3. The number of amides is 4. The number of urea groups is 1. The van der Waals surface area contributed by atoms with Crippen LogP contribution in [0, 0.1) is 5.92 Å². The zero-order chi connectivity index (χ0) is 26.9. The highest BCUT2D eigenvalue weighted by Crippen LogP contribution is 2.26. The third-order valence-corrected chi connectivity index (χ3v) is 6.32. The van der Waals surface area contributed by atoms with Gasteiger partial charge in [-0.2, -0.15) is 0 Å². The molecule has 0 spiro atoms. The zero-order valence-corrected chi connectivity index (χ0v) is 22.0. The normalized spacial score (nSPS) is 20.7. The average Bonchev–Trinajstić information content (AvgIpc) is 2.88. The van der Waals surface area contributed by atoms with Crippen molar-refractivity contribution in [2.24, 2.45) is 5.92 Å². The van der Waals surface area contributed by atoms with Gasteiger partial charge in [0.2, 0.25) is 5.91 Å². The van der Waals surface area contributed by atoms with E-state index in [4.69, 9.17) is 14.2 Å². The molecule has 10 nitrogen and oxygen atoms in total. The second kappa shape index (κ2) is 13.1. The summed E-state index contributed by atoms with van der Waals surface area (Å²) in [5.41, 5.74) is 1.38. The number of hydrogen-bond acceptors (Lipinski definition) is 6. The molecule has 2 N–H and O–H groups in total. The van der Waals surface area contributed by atoms with Gasteiger partial charge in [-0.05, 0) is 37.3 Å². The number of likely N-dealkylation sites (N-methyl/N-ethyl adjacent to an activating group) is 1. The number of anilines is 2. The number of fused-ring (bicyclic) bond motifs is 1. The van der Waals surface area contributed by atoms with E-state index in [9.17, 15) is 14.4 Å². The van der Waals surface area contributed by atoms with Gasteiger partial charge < -0.3 is 34.6 Å². The molecular weight excluding hydrogens is 476 g/mol. The van der Waals surface area contributed by atoms with Gasteiger partial charge in [-0.15, -0.1) is 0 Å². The largest absolute Gasteiger partial charge is 0.491 e. The number of methoxy groups -OCH3 is 2. The molecule has 1 aliphatic heterocycles. The fraction of sp³-hybridized carbons (Fsp3) is 0.444. The van der Waals surface area contributed by atoms with Crippen LogP contribution in [0.3, 0.4) is 0 Å². The number of nitrogens with one attached hydrogen (secondary N) is 2. The lowest BCUT2D eigenvalue weighted by atomic mass is 10.0. The maximum atomic E-state index is 13.5. The minimum Gasteiger partial charge on any atom is -0.491 e. The van der Waals surface area contributed by atoms with Crippen molar-refractivity contribution in [2.45, 2.75) is 26.0 Å². The number of hydrogen-bond donors (Lipinski definition) is 2. The predicted molar refractivity (Wildman–Crippen MR) is 141 cm³/mol. The molecule has 3 atom stereocenters. The number of rotatable bonds is 5. The molecule has 200 valence electrons. The first-order valence-corrected chi connectivity index (χ1v) is 12.2. The van der Waals surface area contributed by atoms with E-state index in [0.29, 0.717) is 35.8 Å². The van der Waals surface area contributed by atoms with Crippen LogP contribution in [0.1, 0.15) is 24.2 Å². The van der Waals surface area contributed by atoms with Gasteiger partial charge in [0.05, 0.1) is 17.7 Å². The summed E-state index contributed by atoms with van der Waals surface area (Å²) in [5.74, 6) is -0.112. The SMILES string of the molecule is COCC(=O)N1C[C@H](C)[C@H](OC)CN(C)C(=O)c2cc(NC(=O)Nc3ccccc3)ccc2OC[C@H]1C. The molecule has 37 heavy (non-hydrogen) atoms. The number of benzene rings is 2. The Labute approximate surface area is 217 Å². The Kier molecular flexibility index (Phi) is 9.87. The highest BCUT2D eigenvalue weighted by Gasteiger charge is 2.30.